The van der Waals surface area contributed by atoms with Gasteiger partial charge >= 0.3 is 0 Å². The van der Waals surface area contributed by atoms with Crippen molar-refractivity contribution in [3.8, 4) is 0 Å². The first-order chi connectivity index (χ1) is 8.94. The monoisotopic (exact) mass is 286 g/mol. The maximum Gasteiger partial charge on any atom is 0.258 e. The third-order valence-electron chi connectivity index (χ3n) is 2.46. The summed E-state index contributed by atoms with van der Waals surface area (Å²) in [6, 6.07) is -0.631. The summed E-state index contributed by atoms with van der Waals surface area (Å²) in [5, 5.41) is 14.8. The van der Waals surface area contributed by atoms with Crippen molar-refractivity contribution in [2.45, 2.75) is 31.5 Å². The van der Waals surface area contributed by atoms with E-state index in [9.17, 15) is 8.42 Å². The lowest BCUT2D eigenvalue weighted by Gasteiger charge is -2.10. The van der Waals surface area contributed by atoms with Crippen molar-refractivity contribution in [2.24, 2.45) is 0 Å². The van der Waals surface area contributed by atoms with Crippen LogP contribution in [0.15, 0.2) is 21.8 Å². The molecule has 1 unspecified atom stereocenters. The van der Waals surface area contributed by atoms with Gasteiger partial charge in [0.2, 0.25) is 5.89 Å². The molecule has 104 valence electrons. The largest absolute Gasteiger partial charge is 0.444 e. The van der Waals surface area contributed by atoms with Gasteiger partial charge in [-0.25, -0.2) is 13.4 Å². The number of nitrogens with one attached hydrogen (secondary N) is 2. The summed E-state index contributed by atoms with van der Waals surface area (Å²) in [6.45, 7) is 2.91. The highest BCUT2D eigenvalue weighted by molar-refractivity contribution is 7.89. The van der Waals surface area contributed by atoms with Crippen molar-refractivity contribution < 1.29 is 17.9 Å². The van der Waals surface area contributed by atoms with Crippen LogP contribution in [0.2, 0.25) is 0 Å². The zero-order chi connectivity index (χ0) is 14.0. The molecule has 0 aliphatic heterocycles. The van der Waals surface area contributed by atoms with Gasteiger partial charge in [0.15, 0.2) is 5.03 Å². The van der Waals surface area contributed by atoms with Crippen molar-refractivity contribution in [3.63, 3.8) is 0 Å². The van der Waals surface area contributed by atoms with Crippen LogP contribution in [0, 0.1) is 6.92 Å². The van der Waals surface area contributed by atoms with Gasteiger partial charge < -0.3 is 9.52 Å². The van der Waals surface area contributed by atoms with Gasteiger partial charge in [-0.2, -0.15) is 9.82 Å². The maximum atomic E-state index is 12.1. The van der Waals surface area contributed by atoms with E-state index in [1.165, 1.54) is 12.4 Å². The number of hydrogen-bond donors (Lipinski definition) is 3. The van der Waals surface area contributed by atoms with Crippen LogP contribution in [0.4, 0.5) is 0 Å². The topological polar surface area (TPSA) is 121 Å². The summed E-state index contributed by atoms with van der Waals surface area (Å²) in [5.74, 6) is 0.866. The Balaban J connectivity index is 2.22. The first kappa shape index (κ1) is 13.7. The smallest absolute Gasteiger partial charge is 0.258 e. The van der Waals surface area contributed by atoms with Crippen molar-refractivity contribution >= 4 is 10.0 Å². The number of aliphatic hydroxyl groups excluding tert-OH is 1. The lowest BCUT2D eigenvalue weighted by atomic mass is 10.4. The molecule has 0 aliphatic carbocycles. The van der Waals surface area contributed by atoms with E-state index < -0.39 is 22.7 Å². The van der Waals surface area contributed by atoms with Gasteiger partial charge in [-0.1, -0.05) is 0 Å². The second-order valence-electron chi connectivity index (χ2n) is 4.03. The lowest BCUT2D eigenvalue weighted by Crippen LogP contribution is -2.28. The lowest BCUT2D eigenvalue weighted by molar-refractivity contribution is 0.278. The third kappa shape index (κ3) is 2.83. The number of H-pyrrole nitrogens is 1. The van der Waals surface area contributed by atoms with Crippen molar-refractivity contribution in [1.82, 2.24) is 19.9 Å². The van der Waals surface area contributed by atoms with Gasteiger partial charge in [0, 0.05) is 5.56 Å². The van der Waals surface area contributed by atoms with E-state index >= 15 is 0 Å². The fraction of sp³-hybridized carbons (Fsp3) is 0.400. The van der Waals surface area contributed by atoms with E-state index in [2.05, 4.69) is 19.9 Å². The number of hydrogen-bond acceptors (Lipinski definition) is 6. The second kappa shape index (κ2) is 5.11. The molecule has 19 heavy (non-hydrogen) atoms. The molecular formula is C10H14N4O4S. The molecule has 3 N–H and O–H groups in total. The molecule has 0 fully saturated rings. The highest BCUT2D eigenvalue weighted by atomic mass is 32.2. The Labute approximate surface area is 109 Å². The molecule has 2 aromatic heterocycles. The Morgan fingerprint density at radius 1 is 1.53 bits per heavy atom. The molecule has 0 aliphatic rings. The van der Waals surface area contributed by atoms with Crippen molar-refractivity contribution in [3.05, 3.63) is 29.6 Å². The number of aromatic amines is 1. The van der Waals surface area contributed by atoms with E-state index in [-0.39, 0.29) is 16.5 Å². The molecule has 0 bridgehead atoms. The molecule has 0 saturated heterocycles. The van der Waals surface area contributed by atoms with E-state index in [1.54, 1.807) is 13.8 Å². The maximum absolute atomic E-state index is 12.1. The van der Waals surface area contributed by atoms with E-state index in [0.717, 1.165) is 0 Å². The minimum Gasteiger partial charge on any atom is -0.444 e. The summed E-state index contributed by atoms with van der Waals surface area (Å²) in [4.78, 5) is 3.95. The minimum absolute atomic E-state index is 0.162. The third-order valence-corrected chi connectivity index (χ3v) is 4.01. The van der Waals surface area contributed by atoms with Gasteiger partial charge in [0.05, 0.1) is 25.0 Å². The number of oxazole rings is 1. The summed E-state index contributed by atoms with van der Waals surface area (Å²) < 4.78 is 31.8. The number of rotatable bonds is 5. The van der Waals surface area contributed by atoms with Crippen LogP contribution in [-0.4, -0.2) is 28.7 Å². The van der Waals surface area contributed by atoms with Gasteiger partial charge in [-0.3, -0.25) is 5.10 Å². The quantitative estimate of drug-likeness (QED) is 0.723. The SMILES string of the molecule is Cc1cnc(C(C)NS(=O)(=O)c2[nH]ncc2CO)o1. The number of aryl methyl sites for hydroxylation is 1. The van der Waals surface area contributed by atoms with Crippen LogP contribution in [-0.2, 0) is 16.6 Å². The van der Waals surface area contributed by atoms with Crippen LogP contribution in [0.1, 0.15) is 30.2 Å². The molecule has 0 aromatic carbocycles. The predicted octanol–water partition coefficient (Wildman–Crippen LogP) is 0.238. The highest BCUT2D eigenvalue weighted by Crippen LogP contribution is 2.17. The predicted molar refractivity (Wildman–Crippen MR) is 64.5 cm³/mol. The van der Waals surface area contributed by atoms with Gasteiger partial charge in [0.1, 0.15) is 5.76 Å². The fourth-order valence-electron chi connectivity index (χ4n) is 1.56. The number of nitrogens with zero attached hydrogens (tertiary/aromatic N) is 2. The molecular weight excluding hydrogens is 272 g/mol. The molecule has 2 rings (SSSR count). The number of sulfonamides is 1. The molecule has 2 heterocycles. The summed E-state index contributed by atoms with van der Waals surface area (Å²) in [7, 11) is -3.83. The number of aliphatic hydroxyl groups is 1. The second-order valence-corrected chi connectivity index (χ2v) is 5.69. The molecule has 8 nitrogen and oxygen atoms in total. The Bertz CT molecular complexity index is 661. The first-order valence-corrected chi connectivity index (χ1v) is 7.00. The average molecular weight is 286 g/mol. The van der Waals surface area contributed by atoms with E-state index in [4.69, 9.17) is 9.52 Å². The molecule has 0 saturated carbocycles. The molecule has 0 spiro atoms. The van der Waals surface area contributed by atoms with Crippen LogP contribution in [0.5, 0.6) is 0 Å². The zero-order valence-electron chi connectivity index (χ0n) is 10.4. The fourth-order valence-corrected chi connectivity index (χ4v) is 2.88. The van der Waals surface area contributed by atoms with E-state index in [1.807, 2.05) is 0 Å². The summed E-state index contributed by atoms with van der Waals surface area (Å²) in [6.07, 6.45) is 2.77. The molecule has 1 atom stereocenters. The molecule has 0 amide bonds. The van der Waals surface area contributed by atoms with Crippen molar-refractivity contribution in [1.29, 1.82) is 0 Å². The molecule has 9 heteroatoms. The normalized spacial score (nSPS) is 13.6. The minimum atomic E-state index is -3.83. The van der Waals surface area contributed by atoms with Crippen LogP contribution >= 0.6 is 0 Å². The Hall–Kier alpha value is -1.71. The standard InChI is InChI=1S/C10H14N4O4S/c1-6-3-11-9(18-6)7(2)14-19(16,17)10-8(5-15)4-12-13-10/h3-4,7,14-15H,5H2,1-2H3,(H,12,13). The molecule has 0 radical (unpaired) electrons. The van der Waals surface area contributed by atoms with Crippen LogP contribution in [0.3, 0.4) is 0 Å². The molecule has 2 aromatic rings. The highest BCUT2D eigenvalue weighted by Gasteiger charge is 2.25. The zero-order valence-corrected chi connectivity index (χ0v) is 11.2. The van der Waals surface area contributed by atoms with Gasteiger partial charge in [-0.05, 0) is 13.8 Å². The summed E-state index contributed by atoms with van der Waals surface area (Å²) >= 11 is 0. The van der Waals surface area contributed by atoms with Crippen molar-refractivity contribution in [2.75, 3.05) is 0 Å². The Morgan fingerprint density at radius 2 is 2.26 bits per heavy atom. The van der Waals surface area contributed by atoms with Gasteiger partial charge in [-0.15, -0.1) is 0 Å². The van der Waals surface area contributed by atoms with E-state index in [0.29, 0.717) is 5.76 Å². The first-order valence-electron chi connectivity index (χ1n) is 5.52. The Morgan fingerprint density at radius 3 is 2.84 bits per heavy atom. The van der Waals surface area contributed by atoms with Crippen LogP contribution in [0.25, 0.3) is 0 Å². The van der Waals surface area contributed by atoms with Gasteiger partial charge in [0.25, 0.3) is 10.0 Å². The number of aromatic nitrogens is 3. The Kier molecular flexibility index (Phi) is 3.69. The average Bonchev–Trinajstić information content (AvgIpc) is 2.96. The van der Waals surface area contributed by atoms with Crippen LogP contribution < -0.4 is 4.72 Å². The summed E-state index contributed by atoms with van der Waals surface area (Å²) in [5.41, 5.74) is 0.197.